The van der Waals surface area contributed by atoms with Crippen LogP contribution in [0.4, 0.5) is 0 Å². The van der Waals surface area contributed by atoms with E-state index in [2.05, 4.69) is 10.6 Å². The van der Waals surface area contributed by atoms with Crippen molar-refractivity contribution in [2.24, 2.45) is 0 Å². The lowest BCUT2D eigenvalue weighted by molar-refractivity contribution is -0.120. The number of nitrogens with one attached hydrogen (secondary N) is 2. The lowest BCUT2D eigenvalue weighted by Crippen LogP contribution is -2.37. The molecule has 2 aromatic rings. The molecular weight excluding hydrogens is 401 g/mol. The van der Waals surface area contributed by atoms with E-state index in [1.54, 1.807) is 11.3 Å². The number of amides is 1. The summed E-state index contributed by atoms with van der Waals surface area (Å²) in [5.74, 6) is 0.489. The summed E-state index contributed by atoms with van der Waals surface area (Å²) in [7, 11) is 0. The van der Waals surface area contributed by atoms with Gasteiger partial charge in [0, 0.05) is 33.3 Å². The fourth-order valence-corrected chi connectivity index (χ4v) is 5.34. The molecule has 0 unspecified atom stereocenters. The number of hydrogen-bond acceptors (Lipinski definition) is 4. The van der Waals surface area contributed by atoms with Crippen molar-refractivity contribution in [2.75, 3.05) is 19.6 Å². The number of nitrogens with zero attached hydrogens (tertiary/aromatic N) is 1. The van der Waals surface area contributed by atoms with E-state index in [9.17, 15) is 4.79 Å². The van der Waals surface area contributed by atoms with E-state index in [0.29, 0.717) is 28.9 Å². The highest BCUT2D eigenvalue weighted by molar-refractivity contribution is 7.09. The van der Waals surface area contributed by atoms with Crippen molar-refractivity contribution < 1.29 is 4.79 Å². The molecule has 0 bridgehead atoms. The molecule has 0 atom stereocenters. The molecule has 2 heterocycles. The van der Waals surface area contributed by atoms with Crippen molar-refractivity contribution in [2.45, 2.75) is 44.4 Å². The quantitative estimate of drug-likeness (QED) is 0.713. The van der Waals surface area contributed by atoms with Gasteiger partial charge in [0.05, 0.1) is 17.1 Å². The molecule has 1 aliphatic heterocycles. The maximum Gasteiger partial charge on any atom is 0.226 e. The second kappa shape index (κ2) is 8.91. The number of benzene rings is 1. The highest BCUT2D eigenvalue weighted by atomic mass is 35.5. The van der Waals surface area contributed by atoms with E-state index in [4.69, 9.17) is 28.2 Å². The van der Waals surface area contributed by atoms with Gasteiger partial charge in [0.2, 0.25) is 5.91 Å². The van der Waals surface area contributed by atoms with Crippen LogP contribution < -0.4 is 10.6 Å². The first-order valence-corrected chi connectivity index (χ1v) is 10.9. The smallest absolute Gasteiger partial charge is 0.226 e. The van der Waals surface area contributed by atoms with Gasteiger partial charge in [0.25, 0.3) is 0 Å². The molecule has 1 amide bonds. The van der Waals surface area contributed by atoms with E-state index in [1.807, 2.05) is 37.4 Å². The zero-order valence-electron chi connectivity index (χ0n) is 15.6. The molecule has 1 aliphatic rings. The van der Waals surface area contributed by atoms with Gasteiger partial charge >= 0.3 is 0 Å². The molecule has 1 saturated heterocycles. The predicted octanol–water partition coefficient (Wildman–Crippen LogP) is 4.55. The Morgan fingerprint density at radius 3 is 2.63 bits per heavy atom. The van der Waals surface area contributed by atoms with Gasteiger partial charge in [0.15, 0.2) is 0 Å². The van der Waals surface area contributed by atoms with Crippen molar-refractivity contribution in [1.82, 2.24) is 15.6 Å². The SMILES string of the molecule is CC(C)(CNC(=O)Cc1csc(C2CCNCC2)n1)c1c(Cl)cccc1Cl. The average Bonchev–Trinajstić information content (AvgIpc) is 3.09. The van der Waals surface area contributed by atoms with Gasteiger partial charge in [-0.1, -0.05) is 43.1 Å². The highest BCUT2D eigenvalue weighted by Crippen LogP contribution is 2.35. The molecule has 2 N–H and O–H groups in total. The summed E-state index contributed by atoms with van der Waals surface area (Å²) in [6.45, 7) is 6.59. The Hall–Kier alpha value is -1.14. The summed E-state index contributed by atoms with van der Waals surface area (Å²) in [5.41, 5.74) is 1.34. The van der Waals surface area contributed by atoms with E-state index < -0.39 is 0 Å². The van der Waals surface area contributed by atoms with Crippen molar-refractivity contribution in [3.63, 3.8) is 0 Å². The summed E-state index contributed by atoms with van der Waals surface area (Å²) in [6.07, 6.45) is 2.53. The van der Waals surface area contributed by atoms with Gasteiger partial charge in [-0.3, -0.25) is 4.79 Å². The predicted molar refractivity (Wildman–Crippen MR) is 113 cm³/mol. The first-order chi connectivity index (χ1) is 12.9. The van der Waals surface area contributed by atoms with Crippen LogP contribution in [0.25, 0.3) is 0 Å². The minimum absolute atomic E-state index is 0.0339. The number of rotatable bonds is 6. The Balaban J connectivity index is 1.57. The highest BCUT2D eigenvalue weighted by Gasteiger charge is 2.27. The van der Waals surface area contributed by atoms with Gasteiger partial charge in [-0.25, -0.2) is 4.98 Å². The van der Waals surface area contributed by atoms with Crippen LogP contribution >= 0.6 is 34.5 Å². The topological polar surface area (TPSA) is 54.0 Å². The molecule has 0 saturated carbocycles. The van der Waals surface area contributed by atoms with Gasteiger partial charge in [-0.05, 0) is 43.6 Å². The standard InChI is InChI=1S/C20H25Cl2N3OS/c1-20(2,18-15(21)4-3-5-16(18)22)12-24-17(26)10-14-11-27-19(25-14)13-6-8-23-9-7-13/h3-5,11,13,23H,6-10,12H2,1-2H3,(H,24,26). The Bertz CT molecular complexity index is 780. The number of halogens is 2. The van der Waals surface area contributed by atoms with E-state index in [-0.39, 0.29) is 11.3 Å². The third-order valence-corrected chi connectivity index (χ3v) is 6.65. The van der Waals surface area contributed by atoms with Crippen molar-refractivity contribution in [3.8, 4) is 0 Å². The monoisotopic (exact) mass is 425 g/mol. The van der Waals surface area contributed by atoms with Crippen LogP contribution in [0.3, 0.4) is 0 Å². The molecule has 4 nitrogen and oxygen atoms in total. The fourth-order valence-electron chi connectivity index (χ4n) is 3.44. The lowest BCUT2D eigenvalue weighted by Gasteiger charge is -2.27. The summed E-state index contributed by atoms with van der Waals surface area (Å²) in [5, 5.41) is 10.8. The van der Waals surface area contributed by atoms with E-state index >= 15 is 0 Å². The molecule has 1 aromatic carbocycles. The van der Waals surface area contributed by atoms with Crippen LogP contribution in [0.1, 0.15) is 48.9 Å². The maximum absolute atomic E-state index is 12.4. The van der Waals surface area contributed by atoms with Crippen LogP contribution in [0.5, 0.6) is 0 Å². The van der Waals surface area contributed by atoms with Crippen molar-refractivity contribution in [3.05, 3.63) is 49.9 Å². The molecule has 0 aliphatic carbocycles. The van der Waals surface area contributed by atoms with Crippen LogP contribution in [0, 0.1) is 0 Å². The molecule has 0 spiro atoms. The molecular formula is C20H25Cl2N3OS. The number of piperidine rings is 1. The minimum Gasteiger partial charge on any atom is -0.355 e. The van der Waals surface area contributed by atoms with Gasteiger partial charge in [0.1, 0.15) is 0 Å². The zero-order valence-corrected chi connectivity index (χ0v) is 18.0. The average molecular weight is 426 g/mol. The van der Waals surface area contributed by atoms with Gasteiger partial charge < -0.3 is 10.6 Å². The first-order valence-electron chi connectivity index (χ1n) is 9.23. The fraction of sp³-hybridized carbons (Fsp3) is 0.500. The minimum atomic E-state index is -0.368. The summed E-state index contributed by atoms with van der Waals surface area (Å²) in [4.78, 5) is 17.1. The molecule has 27 heavy (non-hydrogen) atoms. The summed E-state index contributed by atoms with van der Waals surface area (Å²) in [6, 6.07) is 5.47. The Labute approximate surface area is 174 Å². The van der Waals surface area contributed by atoms with Crippen LogP contribution in [-0.2, 0) is 16.6 Å². The number of carbonyl (C=O) groups is 1. The molecule has 1 aromatic heterocycles. The number of aromatic nitrogens is 1. The normalized spacial score (nSPS) is 15.7. The number of hydrogen-bond donors (Lipinski definition) is 2. The lowest BCUT2D eigenvalue weighted by atomic mass is 9.84. The van der Waals surface area contributed by atoms with Crippen LogP contribution in [0.15, 0.2) is 23.6 Å². The van der Waals surface area contributed by atoms with Crippen molar-refractivity contribution >= 4 is 40.4 Å². The Morgan fingerprint density at radius 2 is 1.96 bits per heavy atom. The van der Waals surface area contributed by atoms with E-state index in [0.717, 1.165) is 42.2 Å². The zero-order chi connectivity index (χ0) is 19.4. The number of thiazole rings is 1. The first kappa shape index (κ1) is 20.6. The third-order valence-electron chi connectivity index (χ3n) is 4.97. The second-order valence-corrected chi connectivity index (χ2v) is 9.34. The molecule has 146 valence electrons. The Kier molecular flexibility index (Phi) is 6.79. The largest absolute Gasteiger partial charge is 0.355 e. The molecule has 0 radical (unpaired) electrons. The number of carbonyl (C=O) groups excluding carboxylic acids is 1. The molecule has 1 fully saturated rings. The molecule has 3 rings (SSSR count). The van der Waals surface area contributed by atoms with Crippen molar-refractivity contribution in [1.29, 1.82) is 0 Å². The Morgan fingerprint density at radius 1 is 1.30 bits per heavy atom. The summed E-state index contributed by atoms with van der Waals surface area (Å²) >= 11 is 14.3. The third kappa shape index (κ3) is 5.23. The second-order valence-electron chi connectivity index (χ2n) is 7.64. The van der Waals surface area contributed by atoms with Gasteiger partial charge in [-0.2, -0.15) is 0 Å². The van der Waals surface area contributed by atoms with Crippen LogP contribution in [-0.4, -0.2) is 30.5 Å². The van der Waals surface area contributed by atoms with Crippen LogP contribution in [0.2, 0.25) is 10.0 Å². The van der Waals surface area contributed by atoms with E-state index in [1.165, 1.54) is 0 Å². The molecule has 7 heteroatoms. The summed E-state index contributed by atoms with van der Waals surface area (Å²) < 4.78 is 0. The van der Waals surface area contributed by atoms with Gasteiger partial charge in [-0.15, -0.1) is 11.3 Å². The maximum atomic E-state index is 12.4.